The third kappa shape index (κ3) is 1.69. The molecule has 86 valence electrons. The van der Waals surface area contributed by atoms with Gasteiger partial charge in [-0.05, 0) is 59.7 Å². The van der Waals surface area contributed by atoms with E-state index < -0.39 is 0 Å². The summed E-state index contributed by atoms with van der Waals surface area (Å²) in [5.74, 6) is 0. The first-order valence-corrected chi connectivity index (χ1v) is 7.63. The van der Waals surface area contributed by atoms with E-state index in [9.17, 15) is 0 Å². The average molecular weight is 373 g/mol. The number of hydrogen-bond acceptors (Lipinski definition) is 1. The Kier molecular flexibility index (Phi) is 2.84. The molecule has 3 aromatic rings. The molecule has 0 unspecified atom stereocenters. The number of halogens is 2. The van der Waals surface area contributed by atoms with E-state index in [2.05, 4.69) is 54.6 Å². The lowest BCUT2D eigenvalue weighted by Gasteiger charge is -1.99. The Morgan fingerprint density at radius 1 is 0.941 bits per heavy atom. The highest BCUT2D eigenvalue weighted by molar-refractivity contribution is 14.1. The topological polar surface area (TPSA) is 0 Å². The summed E-state index contributed by atoms with van der Waals surface area (Å²) >= 11 is 10.4. The second-order valence-corrected chi connectivity index (χ2v) is 6.79. The molecule has 0 fully saturated rings. The van der Waals surface area contributed by atoms with Crippen LogP contribution in [0.25, 0.3) is 20.2 Å². The summed E-state index contributed by atoms with van der Waals surface area (Å²) in [5, 5.41) is 3.53. The summed E-state index contributed by atoms with van der Waals surface area (Å²) in [4.78, 5) is 0. The molecule has 0 spiro atoms. The summed E-state index contributed by atoms with van der Waals surface area (Å²) in [6.45, 7) is 4.29. The second kappa shape index (κ2) is 4.11. The summed E-state index contributed by atoms with van der Waals surface area (Å²) < 4.78 is 4.03. The molecule has 0 saturated carbocycles. The molecule has 3 heteroatoms. The van der Waals surface area contributed by atoms with Gasteiger partial charge in [0.15, 0.2) is 0 Å². The van der Waals surface area contributed by atoms with Gasteiger partial charge < -0.3 is 0 Å². The van der Waals surface area contributed by atoms with Gasteiger partial charge in [-0.3, -0.25) is 0 Å². The standard InChI is InChI=1S/C14H10ClIS/c1-7-11(15)5-3-9-10-4-6-12(16)8(2)14(10)17-13(7)9/h3-6H,1-2H3. The summed E-state index contributed by atoms with van der Waals surface area (Å²) in [6, 6.07) is 8.54. The first kappa shape index (κ1) is 11.8. The van der Waals surface area contributed by atoms with Gasteiger partial charge in [-0.1, -0.05) is 23.7 Å². The predicted molar refractivity (Wildman–Crippen MR) is 86.5 cm³/mol. The molecule has 1 heterocycles. The number of rotatable bonds is 0. The van der Waals surface area contributed by atoms with Crippen LogP contribution in [-0.4, -0.2) is 0 Å². The molecular formula is C14H10ClIS. The van der Waals surface area contributed by atoms with Crippen LogP contribution >= 0.6 is 45.5 Å². The highest BCUT2D eigenvalue weighted by Gasteiger charge is 2.11. The van der Waals surface area contributed by atoms with Gasteiger partial charge in [0.2, 0.25) is 0 Å². The summed E-state index contributed by atoms with van der Waals surface area (Å²) in [6.07, 6.45) is 0. The van der Waals surface area contributed by atoms with Crippen LogP contribution in [-0.2, 0) is 0 Å². The molecule has 17 heavy (non-hydrogen) atoms. The molecule has 0 radical (unpaired) electrons. The van der Waals surface area contributed by atoms with Gasteiger partial charge in [0.05, 0.1) is 0 Å². The lowest BCUT2D eigenvalue weighted by atomic mass is 10.1. The number of fused-ring (bicyclic) bond motifs is 3. The highest BCUT2D eigenvalue weighted by Crippen LogP contribution is 2.40. The van der Waals surface area contributed by atoms with Gasteiger partial charge in [0.1, 0.15) is 0 Å². The zero-order valence-corrected chi connectivity index (χ0v) is 13.2. The molecule has 0 aliphatic rings. The molecule has 0 aliphatic heterocycles. The van der Waals surface area contributed by atoms with Crippen LogP contribution in [0.4, 0.5) is 0 Å². The number of thiophene rings is 1. The second-order valence-electron chi connectivity index (χ2n) is 4.20. The fourth-order valence-corrected chi connectivity index (χ4v) is 4.28. The third-order valence-corrected chi connectivity index (χ3v) is 6.21. The number of aryl methyl sites for hydroxylation is 2. The molecule has 1 aromatic heterocycles. The average Bonchev–Trinajstić information content (AvgIpc) is 2.69. The molecular weight excluding hydrogens is 363 g/mol. The minimum Gasteiger partial charge on any atom is -0.135 e. The Labute approximate surface area is 123 Å². The van der Waals surface area contributed by atoms with E-state index >= 15 is 0 Å². The van der Waals surface area contributed by atoms with Crippen molar-refractivity contribution >= 4 is 65.7 Å². The Morgan fingerprint density at radius 3 is 2.24 bits per heavy atom. The smallest absolute Gasteiger partial charge is 0.0449 e. The monoisotopic (exact) mass is 372 g/mol. The van der Waals surface area contributed by atoms with Crippen molar-refractivity contribution in [1.29, 1.82) is 0 Å². The third-order valence-electron chi connectivity index (χ3n) is 3.17. The minimum atomic E-state index is 0.858. The maximum Gasteiger partial charge on any atom is 0.0449 e. The minimum absolute atomic E-state index is 0.858. The van der Waals surface area contributed by atoms with Gasteiger partial charge in [-0.2, -0.15) is 0 Å². The van der Waals surface area contributed by atoms with Crippen molar-refractivity contribution in [3.05, 3.63) is 44.0 Å². The Balaban J connectivity index is 2.58. The van der Waals surface area contributed by atoms with Crippen LogP contribution in [0.5, 0.6) is 0 Å². The molecule has 0 nitrogen and oxygen atoms in total. The van der Waals surface area contributed by atoms with Crippen LogP contribution in [0.3, 0.4) is 0 Å². The number of benzene rings is 2. The van der Waals surface area contributed by atoms with Crippen LogP contribution < -0.4 is 0 Å². The maximum atomic E-state index is 6.19. The Morgan fingerprint density at radius 2 is 1.53 bits per heavy atom. The predicted octanol–water partition coefficient (Wildman–Crippen LogP) is 5.93. The lowest BCUT2D eigenvalue weighted by Crippen LogP contribution is -1.78. The summed E-state index contributed by atoms with van der Waals surface area (Å²) in [7, 11) is 0. The molecule has 0 saturated heterocycles. The number of hydrogen-bond donors (Lipinski definition) is 0. The van der Waals surface area contributed by atoms with Crippen molar-refractivity contribution in [2.75, 3.05) is 0 Å². The van der Waals surface area contributed by atoms with Crippen LogP contribution in [0.15, 0.2) is 24.3 Å². The SMILES string of the molecule is Cc1c(Cl)ccc2c1sc1c(C)c(I)ccc12. The first-order valence-electron chi connectivity index (χ1n) is 5.36. The normalized spacial score (nSPS) is 11.5. The van der Waals surface area contributed by atoms with E-state index in [-0.39, 0.29) is 0 Å². The van der Waals surface area contributed by atoms with E-state index in [0.29, 0.717) is 0 Å². The van der Waals surface area contributed by atoms with Gasteiger partial charge in [-0.15, -0.1) is 11.3 Å². The van der Waals surface area contributed by atoms with Gasteiger partial charge >= 0.3 is 0 Å². The van der Waals surface area contributed by atoms with E-state index in [4.69, 9.17) is 11.6 Å². The van der Waals surface area contributed by atoms with E-state index in [1.165, 1.54) is 34.9 Å². The van der Waals surface area contributed by atoms with Gasteiger partial charge in [-0.25, -0.2) is 0 Å². The molecule has 0 N–H and O–H groups in total. The largest absolute Gasteiger partial charge is 0.135 e. The lowest BCUT2D eigenvalue weighted by molar-refractivity contribution is 1.51. The molecule has 3 rings (SSSR count). The van der Waals surface area contributed by atoms with Gasteiger partial charge in [0.25, 0.3) is 0 Å². The van der Waals surface area contributed by atoms with Crippen molar-refractivity contribution in [2.24, 2.45) is 0 Å². The molecule has 0 amide bonds. The fraction of sp³-hybridized carbons (Fsp3) is 0.143. The summed E-state index contributed by atoms with van der Waals surface area (Å²) in [5.41, 5.74) is 2.57. The Hall–Kier alpha value is -0.320. The molecule has 2 aromatic carbocycles. The van der Waals surface area contributed by atoms with Crippen LogP contribution in [0.2, 0.25) is 5.02 Å². The maximum absolute atomic E-state index is 6.19. The van der Waals surface area contributed by atoms with E-state index in [1.54, 1.807) is 0 Å². The zero-order chi connectivity index (χ0) is 12.2. The van der Waals surface area contributed by atoms with E-state index in [0.717, 1.165) is 5.02 Å². The van der Waals surface area contributed by atoms with Crippen molar-refractivity contribution in [1.82, 2.24) is 0 Å². The van der Waals surface area contributed by atoms with Crippen molar-refractivity contribution in [3.8, 4) is 0 Å². The van der Waals surface area contributed by atoms with Crippen molar-refractivity contribution in [2.45, 2.75) is 13.8 Å². The van der Waals surface area contributed by atoms with Crippen LogP contribution in [0, 0.1) is 17.4 Å². The van der Waals surface area contributed by atoms with E-state index in [1.807, 2.05) is 17.4 Å². The fourth-order valence-electron chi connectivity index (χ4n) is 2.12. The highest BCUT2D eigenvalue weighted by atomic mass is 127. The van der Waals surface area contributed by atoms with Crippen molar-refractivity contribution in [3.63, 3.8) is 0 Å². The zero-order valence-electron chi connectivity index (χ0n) is 9.47. The van der Waals surface area contributed by atoms with Crippen LogP contribution in [0.1, 0.15) is 11.1 Å². The first-order chi connectivity index (χ1) is 8.09. The molecule has 0 bridgehead atoms. The van der Waals surface area contributed by atoms with Crippen molar-refractivity contribution < 1.29 is 0 Å². The quantitative estimate of drug-likeness (QED) is 0.429. The molecule has 0 aliphatic carbocycles. The molecule has 0 atom stereocenters. The van der Waals surface area contributed by atoms with Gasteiger partial charge in [0, 0.05) is 28.8 Å². The Bertz CT molecular complexity index is 681.